The van der Waals surface area contributed by atoms with E-state index in [0.717, 1.165) is 16.5 Å². The molecule has 2 N–H and O–H groups in total. The fourth-order valence-electron chi connectivity index (χ4n) is 2.43. The lowest BCUT2D eigenvalue weighted by Gasteiger charge is -2.14. The number of pyridine rings is 2. The highest BCUT2D eigenvalue weighted by Crippen LogP contribution is 2.23. The van der Waals surface area contributed by atoms with E-state index in [-0.39, 0.29) is 11.5 Å². The molecule has 0 aliphatic carbocycles. The number of para-hydroxylation sites is 1. The molecule has 0 bridgehead atoms. The van der Waals surface area contributed by atoms with Gasteiger partial charge < -0.3 is 5.84 Å². The predicted molar refractivity (Wildman–Crippen MR) is 80.1 cm³/mol. The van der Waals surface area contributed by atoms with E-state index < -0.39 is 0 Å². The summed E-state index contributed by atoms with van der Waals surface area (Å²) in [6.45, 7) is 1.99. The zero-order valence-electron chi connectivity index (χ0n) is 11.2. The van der Waals surface area contributed by atoms with Crippen LogP contribution in [0.3, 0.4) is 0 Å². The molecule has 0 fully saturated rings. The van der Waals surface area contributed by atoms with Gasteiger partial charge in [0.05, 0.1) is 5.52 Å². The quantitative estimate of drug-likeness (QED) is 0.723. The summed E-state index contributed by atoms with van der Waals surface area (Å²) in [5, 5.41) is 0.959. The van der Waals surface area contributed by atoms with Gasteiger partial charge in [0.15, 0.2) is 0 Å². The van der Waals surface area contributed by atoms with Crippen LogP contribution in [-0.4, -0.2) is 9.66 Å². The fraction of sp³-hybridized carbons (Fsp3) is 0.125. The molecule has 0 radical (unpaired) electrons. The van der Waals surface area contributed by atoms with Crippen molar-refractivity contribution in [1.82, 2.24) is 9.66 Å². The number of rotatable bonds is 2. The first-order valence-corrected chi connectivity index (χ1v) is 6.48. The predicted octanol–water partition coefficient (Wildman–Crippen LogP) is 2.26. The number of hydrogen-bond acceptors (Lipinski definition) is 3. The molecule has 0 aliphatic rings. The van der Waals surface area contributed by atoms with Crippen molar-refractivity contribution in [2.45, 2.75) is 12.8 Å². The molecule has 3 rings (SSSR count). The number of nitrogens with two attached hydrogens (primary N) is 1. The number of benzene rings is 1. The SMILES string of the molecule is CC(c1cccnc1)c1cc2ccccc2n(N)c1=O. The molecule has 4 heteroatoms. The third kappa shape index (κ3) is 1.95. The molecular formula is C16H15N3O. The van der Waals surface area contributed by atoms with Gasteiger partial charge in [-0.2, -0.15) is 0 Å². The molecule has 0 aliphatic heterocycles. The molecule has 2 heterocycles. The standard InChI is InChI=1S/C16H15N3O/c1-11(13-6-4-8-18-10-13)14-9-12-5-2-3-7-15(12)19(17)16(14)20/h2-11H,17H2,1H3. The minimum absolute atomic E-state index is 0.0457. The van der Waals surface area contributed by atoms with Crippen LogP contribution in [0, 0.1) is 0 Å². The van der Waals surface area contributed by atoms with Crippen molar-refractivity contribution >= 4 is 10.9 Å². The summed E-state index contributed by atoms with van der Waals surface area (Å²) in [6.07, 6.45) is 3.50. The average Bonchev–Trinajstić information content (AvgIpc) is 2.51. The Bertz CT molecular complexity index is 809. The molecule has 3 aromatic rings. The van der Waals surface area contributed by atoms with Crippen LogP contribution in [0.25, 0.3) is 10.9 Å². The maximum absolute atomic E-state index is 12.4. The summed E-state index contributed by atoms with van der Waals surface area (Å²) in [5.74, 6) is 5.88. The molecule has 0 saturated heterocycles. The second-order valence-corrected chi connectivity index (χ2v) is 4.84. The third-order valence-electron chi connectivity index (χ3n) is 3.62. The van der Waals surface area contributed by atoms with Crippen molar-refractivity contribution in [1.29, 1.82) is 0 Å². The van der Waals surface area contributed by atoms with E-state index in [0.29, 0.717) is 5.56 Å². The van der Waals surface area contributed by atoms with Crippen LogP contribution >= 0.6 is 0 Å². The first kappa shape index (κ1) is 12.4. The highest BCUT2D eigenvalue weighted by atomic mass is 16.1. The van der Waals surface area contributed by atoms with Crippen molar-refractivity contribution in [2.24, 2.45) is 0 Å². The van der Waals surface area contributed by atoms with E-state index in [1.807, 2.05) is 49.4 Å². The van der Waals surface area contributed by atoms with Crippen molar-refractivity contribution in [3.8, 4) is 0 Å². The summed E-state index contributed by atoms with van der Waals surface area (Å²) in [7, 11) is 0. The van der Waals surface area contributed by atoms with Gasteiger partial charge in [-0.1, -0.05) is 31.2 Å². The molecular weight excluding hydrogens is 250 g/mol. The molecule has 1 unspecified atom stereocenters. The molecule has 1 aromatic carbocycles. The van der Waals surface area contributed by atoms with Crippen molar-refractivity contribution in [2.75, 3.05) is 5.84 Å². The number of nitrogens with zero attached hydrogens (tertiary/aromatic N) is 2. The van der Waals surface area contributed by atoms with Gasteiger partial charge in [0, 0.05) is 29.3 Å². The number of nitrogen functional groups attached to an aromatic ring is 1. The van der Waals surface area contributed by atoms with E-state index >= 15 is 0 Å². The zero-order chi connectivity index (χ0) is 14.1. The van der Waals surface area contributed by atoms with Crippen LogP contribution in [0.15, 0.2) is 59.7 Å². The summed E-state index contributed by atoms with van der Waals surface area (Å²) in [6, 6.07) is 13.4. The Morgan fingerprint density at radius 1 is 1.20 bits per heavy atom. The zero-order valence-corrected chi connectivity index (χ0v) is 11.2. The second-order valence-electron chi connectivity index (χ2n) is 4.84. The normalized spacial score (nSPS) is 12.4. The smallest absolute Gasteiger partial charge is 0.273 e. The van der Waals surface area contributed by atoms with Crippen LogP contribution in [0.5, 0.6) is 0 Å². The van der Waals surface area contributed by atoms with Gasteiger partial charge in [-0.3, -0.25) is 9.78 Å². The highest BCUT2D eigenvalue weighted by Gasteiger charge is 2.15. The van der Waals surface area contributed by atoms with Crippen LogP contribution in [-0.2, 0) is 0 Å². The Labute approximate surface area is 116 Å². The van der Waals surface area contributed by atoms with Crippen LogP contribution in [0.1, 0.15) is 24.0 Å². The number of aromatic nitrogens is 2. The summed E-state index contributed by atoms with van der Waals surface area (Å²) >= 11 is 0. The van der Waals surface area contributed by atoms with E-state index in [4.69, 9.17) is 5.84 Å². The van der Waals surface area contributed by atoms with Gasteiger partial charge >= 0.3 is 0 Å². The third-order valence-corrected chi connectivity index (χ3v) is 3.62. The van der Waals surface area contributed by atoms with Gasteiger partial charge in [0.2, 0.25) is 0 Å². The monoisotopic (exact) mass is 265 g/mol. The average molecular weight is 265 g/mol. The molecule has 1 atom stereocenters. The minimum Gasteiger partial charge on any atom is -0.336 e. The van der Waals surface area contributed by atoms with Gasteiger partial charge in [-0.25, -0.2) is 4.68 Å². The van der Waals surface area contributed by atoms with Crippen molar-refractivity contribution in [3.63, 3.8) is 0 Å². The minimum atomic E-state index is -0.167. The molecule has 0 saturated carbocycles. The molecule has 0 spiro atoms. The number of fused-ring (bicyclic) bond motifs is 1. The van der Waals surface area contributed by atoms with E-state index in [2.05, 4.69) is 4.98 Å². The van der Waals surface area contributed by atoms with Crippen LogP contribution in [0.4, 0.5) is 0 Å². The topological polar surface area (TPSA) is 60.9 Å². The van der Waals surface area contributed by atoms with E-state index in [9.17, 15) is 4.79 Å². The summed E-state index contributed by atoms with van der Waals surface area (Å²) in [4.78, 5) is 16.5. The Morgan fingerprint density at radius 2 is 2.00 bits per heavy atom. The lowest BCUT2D eigenvalue weighted by atomic mass is 9.94. The summed E-state index contributed by atoms with van der Waals surface area (Å²) < 4.78 is 1.22. The van der Waals surface area contributed by atoms with Crippen LogP contribution in [0.2, 0.25) is 0 Å². The molecule has 20 heavy (non-hydrogen) atoms. The van der Waals surface area contributed by atoms with E-state index in [1.54, 1.807) is 12.4 Å². The maximum Gasteiger partial charge on any atom is 0.273 e. The second kappa shape index (κ2) is 4.81. The van der Waals surface area contributed by atoms with Gasteiger partial charge in [0.1, 0.15) is 0 Å². The first-order valence-electron chi connectivity index (χ1n) is 6.48. The Kier molecular flexibility index (Phi) is 2.99. The maximum atomic E-state index is 12.4. The van der Waals surface area contributed by atoms with Gasteiger partial charge in [0.25, 0.3) is 5.56 Å². The van der Waals surface area contributed by atoms with Gasteiger partial charge in [-0.15, -0.1) is 0 Å². The largest absolute Gasteiger partial charge is 0.336 e. The molecule has 4 nitrogen and oxygen atoms in total. The fourth-order valence-corrected chi connectivity index (χ4v) is 2.43. The Morgan fingerprint density at radius 3 is 2.75 bits per heavy atom. The Balaban J connectivity index is 2.22. The Hall–Kier alpha value is -2.62. The highest BCUT2D eigenvalue weighted by molar-refractivity contribution is 5.79. The van der Waals surface area contributed by atoms with Crippen molar-refractivity contribution < 1.29 is 0 Å². The summed E-state index contributed by atoms with van der Waals surface area (Å²) in [5.41, 5.74) is 2.25. The molecule has 2 aromatic heterocycles. The van der Waals surface area contributed by atoms with Crippen molar-refractivity contribution in [3.05, 3.63) is 76.3 Å². The lowest BCUT2D eigenvalue weighted by molar-refractivity contribution is 0.855. The first-order chi connectivity index (χ1) is 9.68. The number of hydrogen-bond donors (Lipinski definition) is 1. The molecule has 0 amide bonds. The van der Waals surface area contributed by atoms with E-state index in [1.165, 1.54) is 4.68 Å². The lowest BCUT2D eigenvalue weighted by Crippen LogP contribution is -2.31. The van der Waals surface area contributed by atoms with Gasteiger partial charge in [-0.05, 0) is 23.8 Å². The molecule has 100 valence electrons. The van der Waals surface area contributed by atoms with Crippen LogP contribution < -0.4 is 11.4 Å².